The molecule has 1 unspecified atom stereocenters. The van der Waals surface area contributed by atoms with Gasteiger partial charge in [0.05, 0.1) is 0 Å². The van der Waals surface area contributed by atoms with Crippen LogP contribution in [0.2, 0.25) is 0 Å². The van der Waals surface area contributed by atoms with Gasteiger partial charge in [0.1, 0.15) is 5.60 Å². The van der Waals surface area contributed by atoms with Gasteiger partial charge in [-0.1, -0.05) is 5.06 Å². The van der Waals surface area contributed by atoms with E-state index in [2.05, 4.69) is 4.84 Å². The zero-order chi connectivity index (χ0) is 16.5. The van der Waals surface area contributed by atoms with Crippen LogP contribution in [0.25, 0.3) is 0 Å². The SMILES string of the molecule is CC(C)(C)OC(=O)N1CCC1OC(=O)ON1C(=O)CCC1=O. The van der Waals surface area contributed by atoms with Crippen LogP contribution in [0.15, 0.2) is 0 Å². The fourth-order valence-electron chi connectivity index (χ4n) is 1.88. The first kappa shape index (κ1) is 16.1. The van der Waals surface area contributed by atoms with Gasteiger partial charge in [-0.15, -0.1) is 0 Å². The quantitative estimate of drug-likeness (QED) is 0.556. The van der Waals surface area contributed by atoms with Crippen molar-refractivity contribution in [3.63, 3.8) is 0 Å². The zero-order valence-electron chi connectivity index (χ0n) is 12.7. The molecule has 0 N–H and O–H groups in total. The second kappa shape index (κ2) is 5.82. The second-order valence-electron chi connectivity index (χ2n) is 5.96. The van der Waals surface area contributed by atoms with Crippen LogP contribution >= 0.6 is 0 Å². The summed E-state index contributed by atoms with van der Waals surface area (Å²) >= 11 is 0. The third kappa shape index (κ3) is 3.66. The summed E-state index contributed by atoms with van der Waals surface area (Å²) in [4.78, 5) is 51.8. The number of carbonyl (C=O) groups excluding carboxylic acids is 4. The third-order valence-electron chi connectivity index (χ3n) is 3.00. The van der Waals surface area contributed by atoms with Crippen LogP contribution in [0.3, 0.4) is 0 Å². The predicted octanol–water partition coefficient (Wildman–Crippen LogP) is 1.17. The van der Waals surface area contributed by atoms with Crippen molar-refractivity contribution in [2.45, 2.75) is 51.9 Å². The first-order chi connectivity index (χ1) is 10.2. The highest BCUT2D eigenvalue weighted by atomic mass is 16.8. The van der Waals surface area contributed by atoms with E-state index in [1.807, 2.05) is 0 Å². The standard InChI is InChI=1S/C13H18N2O7/c1-13(2,3)21-11(18)14-7-6-10(14)20-12(19)22-15-8(16)4-5-9(15)17/h10H,4-7H2,1-3H3. The summed E-state index contributed by atoms with van der Waals surface area (Å²) in [6, 6.07) is 0. The van der Waals surface area contributed by atoms with Gasteiger partial charge in [-0.3, -0.25) is 19.3 Å². The Morgan fingerprint density at radius 1 is 1.14 bits per heavy atom. The number of nitrogens with zero attached hydrogens (tertiary/aromatic N) is 2. The summed E-state index contributed by atoms with van der Waals surface area (Å²) in [5, 5.41) is 0.388. The summed E-state index contributed by atoms with van der Waals surface area (Å²) in [6.07, 6.45) is -2.21. The lowest BCUT2D eigenvalue weighted by Crippen LogP contribution is -2.54. The van der Waals surface area contributed by atoms with Crippen molar-refractivity contribution in [3.05, 3.63) is 0 Å². The summed E-state index contributed by atoms with van der Waals surface area (Å²) in [5.74, 6) is -1.20. The molecule has 2 fully saturated rings. The Kier molecular flexibility index (Phi) is 4.25. The fraction of sp³-hybridized carbons (Fsp3) is 0.692. The normalized spacial score (nSPS) is 21.5. The van der Waals surface area contributed by atoms with Crippen LogP contribution in [-0.2, 0) is 23.9 Å². The largest absolute Gasteiger partial charge is 0.535 e. The maximum absolute atomic E-state index is 11.8. The topological polar surface area (TPSA) is 102 Å². The number of ether oxygens (including phenoxy) is 2. The van der Waals surface area contributed by atoms with Crippen molar-refractivity contribution < 1.29 is 33.5 Å². The van der Waals surface area contributed by atoms with E-state index in [4.69, 9.17) is 9.47 Å². The number of likely N-dealkylation sites (tertiary alicyclic amines) is 1. The lowest BCUT2D eigenvalue weighted by Gasteiger charge is -2.39. The summed E-state index contributed by atoms with van der Waals surface area (Å²) < 4.78 is 10.1. The number of amides is 3. The van der Waals surface area contributed by atoms with Crippen LogP contribution < -0.4 is 0 Å². The molecule has 0 radical (unpaired) electrons. The lowest BCUT2D eigenvalue weighted by molar-refractivity contribution is -0.185. The Morgan fingerprint density at radius 2 is 1.73 bits per heavy atom. The Labute approximate surface area is 127 Å². The Balaban J connectivity index is 1.83. The molecule has 0 bridgehead atoms. The molecule has 22 heavy (non-hydrogen) atoms. The molecule has 9 nitrogen and oxygen atoms in total. The van der Waals surface area contributed by atoms with Gasteiger partial charge in [0.2, 0.25) is 0 Å². The molecule has 0 spiro atoms. The van der Waals surface area contributed by atoms with Gasteiger partial charge < -0.3 is 9.47 Å². The average Bonchev–Trinajstić information content (AvgIpc) is 2.64. The van der Waals surface area contributed by atoms with Gasteiger partial charge in [-0.05, 0) is 20.8 Å². The number of imide groups is 1. The molecule has 2 rings (SSSR count). The van der Waals surface area contributed by atoms with E-state index >= 15 is 0 Å². The number of rotatable bonds is 2. The molecule has 0 aromatic carbocycles. The maximum atomic E-state index is 11.8. The van der Waals surface area contributed by atoms with Gasteiger partial charge in [0.15, 0.2) is 6.23 Å². The van der Waals surface area contributed by atoms with Gasteiger partial charge in [-0.2, -0.15) is 0 Å². The van der Waals surface area contributed by atoms with Crippen molar-refractivity contribution in [2.75, 3.05) is 6.54 Å². The molecule has 2 aliphatic heterocycles. The molecule has 3 amide bonds. The van der Waals surface area contributed by atoms with E-state index < -0.39 is 35.9 Å². The predicted molar refractivity (Wildman–Crippen MR) is 70.0 cm³/mol. The molecule has 122 valence electrons. The Bertz CT molecular complexity index is 495. The first-order valence-corrected chi connectivity index (χ1v) is 6.91. The highest BCUT2D eigenvalue weighted by Gasteiger charge is 2.40. The monoisotopic (exact) mass is 314 g/mol. The van der Waals surface area contributed by atoms with Crippen LogP contribution in [0.5, 0.6) is 0 Å². The van der Waals surface area contributed by atoms with Crippen LogP contribution in [0.4, 0.5) is 9.59 Å². The molecule has 2 heterocycles. The van der Waals surface area contributed by atoms with E-state index in [1.54, 1.807) is 20.8 Å². The average molecular weight is 314 g/mol. The minimum Gasteiger partial charge on any atom is -0.444 e. The number of hydrogen-bond donors (Lipinski definition) is 0. The minimum absolute atomic E-state index is 0.000421. The van der Waals surface area contributed by atoms with Gasteiger partial charge in [-0.25, -0.2) is 9.59 Å². The van der Waals surface area contributed by atoms with E-state index in [0.717, 1.165) is 0 Å². The maximum Gasteiger partial charge on any atom is 0.535 e. The first-order valence-electron chi connectivity index (χ1n) is 6.91. The van der Waals surface area contributed by atoms with Gasteiger partial charge in [0, 0.05) is 25.8 Å². The third-order valence-corrected chi connectivity index (χ3v) is 3.00. The van der Waals surface area contributed by atoms with Crippen LogP contribution in [0, 0.1) is 0 Å². The van der Waals surface area contributed by atoms with E-state index in [0.29, 0.717) is 18.0 Å². The van der Waals surface area contributed by atoms with E-state index in [1.165, 1.54) is 4.90 Å². The van der Waals surface area contributed by atoms with Crippen LogP contribution in [0.1, 0.15) is 40.0 Å². The van der Waals surface area contributed by atoms with Gasteiger partial charge >= 0.3 is 12.2 Å². The molecular formula is C13H18N2O7. The molecule has 0 aromatic heterocycles. The van der Waals surface area contributed by atoms with Crippen molar-refractivity contribution in [3.8, 4) is 0 Å². The molecule has 0 aliphatic carbocycles. The molecule has 2 saturated heterocycles. The highest BCUT2D eigenvalue weighted by Crippen LogP contribution is 2.23. The second-order valence-corrected chi connectivity index (χ2v) is 5.96. The number of carbonyl (C=O) groups is 4. The Hall–Kier alpha value is -2.32. The summed E-state index contributed by atoms with van der Waals surface area (Å²) in [6.45, 7) is 5.55. The summed E-state index contributed by atoms with van der Waals surface area (Å²) in [5.41, 5.74) is -0.661. The van der Waals surface area contributed by atoms with Crippen molar-refractivity contribution in [1.29, 1.82) is 0 Å². The van der Waals surface area contributed by atoms with Gasteiger partial charge in [0.25, 0.3) is 11.8 Å². The highest BCUT2D eigenvalue weighted by molar-refractivity contribution is 6.01. The molecular weight excluding hydrogens is 296 g/mol. The summed E-state index contributed by atoms with van der Waals surface area (Å²) in [7, 11) is 0. The molecule has 0 saturated carbocycles. The number of hydrogen-bond acceptors (Lipinski definition) is 7. The van der Waals surface area contributed by atoms with Crippen molar-refractivity contribution in [1.82, 2.24) is 9.96 Å². The Morgan fingerprint density at radius 3 is 2.18 bits per heavy atom. The fourth-order valence-corrected chi connectivity index (χ4v) is 1.88. The molecule has 1 atom stereocenters. The van der Waals surface area contributed by atoms with Crippen molar-refractivity contribution >= 4 is 24.1 Å². The van der Waals surface area contributed by atoms with E-state index in [-0.39, 0.29) is 12.8 Å². The van der Waals surface area contributed by atoms with Crippen molar-refractivity contribution in [2.24, 2.45) is 0 Å². The zero-order valence-corrected chi connectivity index (χ0v) is 12.7. The molecule has 2 aliphatic rings. The molecule has 9 heteroatoms. The minimum atomic E-state index is -1.21. The number of hydroxylamine groups is 2. The molecule has 0 aromatic rings. The van der Waals surface area contributed by atoms with Crippen LogP contribution in [-0.4, -0.2) is 52.4 Å². The lowest BCUT2D eigenvalue weighted by atomic mass is 10.2. The smallest absolute Gasteiger partial charge is 0.444 e. The van der Waals surface area contributed by atoms with E-state index in [9.17, 15) is 19.2 Å².